The fraction of sp³-hybridized carbons (Fsp3) is 0.125. The molecule has 1 heteroatoms. The maximum absolute atomic E-state index is 2.30. The van der Waals surface area contributed by atoms with Crippen molar-refractivity contribution in [2.24, 2.45) is 0 Å². The smallest absolute Gasteiger partial charge is 0.101 e. The molecule has 0 aliphatic carbocycles. The summed E-state index contributed by atoms with van der Waals surface area (Å²) in [5.74, 6) is 0. The Bertz CT molecular complexity index is 445. The van der Waals surface area contributed by atoms with Gasteiger partial charge in [0.2, 0.25) is 0 Å². The Balaban J connectivity index is 1.72. The van der Waals surface area contributed by atoms with Gasteiger partial charge in [-0.15, -0.1) is 0 Å². The van der Waals surface area contributed by atoms with Crippen molar-refractivity contribution in [3.05, 3.63) is 77.9 Å². The zero-order valence-electron chi connectivity index (χ0n) is 9.92. The van der Waals surface area contributed by atoms with Gasteiger partial charge in [0.1, 0.15) is 6.54 Å². The first-order chi connectivity index (χ1) is 8.45. The number of quaternary nitrogens is 1. The van der Waals surface area contributed by atoms with Crippen LogP contribution in [0.15, 0.2) is 66.7 Å². The summed E-state index contributed by atoms with van der Waals surface area (Å²) in [6, 6.07) is 21.0. The average molecular weight is 224 g/mol. The molecule has 0 unspecified atom stereocenters. The summed E-state index contributed by atoms with van der Waals surface area (Å²) in [6.45, 7) is 2.06. The van der Waals surface area contributed by atoms with Crippen molar-refractivity contribution in [2.45, 2.75) is 6.54 Å². The van der Waals surface area contributed by atoms with Crippen molar-refractivity contribution in [1.82, 2.24) is 0 Å². The van der Waals surface area contributed by atoms with Gasteiger partial charge in [-0.3, -0.25) is 0 Å². The molecular formula is C16H18N+. The first kappa shape index (κ1) is 11.6. The van der Waals surface area contributed by atoms with E-state index >= 15 is 0 Å². The van der Waals surface area contributed by atoms with Crippen LogP contribution in [0.3, 0.4) is 0 Å². The standard InChI is InChI=1S/C16H17N/c1-3-8-15(9-4-1)12-7-13-17-14-16-10-5-2-6-11-16/h1-12,17H,13-14H2/p+1/b12-7+. The lowest BCUT2D eigenvalue weighted by atomic mass is 10.2. The van der Waals surface area contributed by atoms with Crippen LogP contribution in [-0.4, -0.2) is 6.54 Å². The van der Waals surface area contributed by atoms with E-state index < -0.39 is 0 Å². The number of benzene rings is 2. The van der Waals surface area contributed by atoms with Crippen LogP contribution in [-0.2, 0) is 6.54 Å². The molecule has 0 aliphatic rings. The molecule has 0 aliphatic heterocycles. The fourth-order valence-corrected chi connectivity index (χ4v) is 1.73. The maximum atomic E-state index is 2.30. The molecule has 2 N–H and O–H groups in total. The predicted molar refractivity (Wildman–Crippen MR) is 72.4 cm³/mol. The molecule has 0 fully saturated rings. The molecule has 0 saturated heterocycles. The second-order valence-corrected chi connectivity index (χ2v) is 4.03. The molecule has 2 rings (SSSR count). The lowest BCUT2D eigenvalue weighted by Crippen LogP contribution is -2.82. The minimum absolute atomic E-state index is 1.02. The summed E-state index contributed by atoms with van der Waals surface area (Å²) in [5.41, 5.74) is 2.64. The van der Waals surface area contributed by atoms with Gasteiger partial charge < -0.3 is 5.32 Å². The summed E-state index contributed by atoms with van der Waals surface area (Å²) in [6.07, 6.45) is 4.37. The second kappa shape index (κ2) is 6.66. The van der Waals surface area contributed by atoms with E-state index in [4.69, 9.17) is 0 Å². The van der Waals surface area contributed by atoms with E-state index in [1.165, 1.54) is 11.1 Å². The third-order valence-corrected chi connectivity index (χ3v) is 2.64. The highest BCUT2D eigenvalue weighted by atomic mass is 14.8. The predicted octanol–water partition coefficient (Wildman–Crippen LogP) is 2.46. The fourth-order valence-electron chi connectivity index (χ4n) is 1.73. The first-order valence-electron chi connectivity index (χ1n) is 6.02. The van der Waals surface area contributed by atoms with Gasteiger partial charge in [-0.2, -0.15) is 0 Å². The molecule has 86 valence electrons. The van der Waals surface area contributed by atoms with Gasteiger partial charge in [0.05, 0.1) is 6.54 Å². The molecular weight excluding hydrogens is 206 g/mol. The summed E-state index contributed by atoms with van der Waals surface area (Å²) in [7, 11) is 0. The molecule has 0 radical (unpaired) electrons. The molecule has 0 atom stereocenters. The van der Waals surface area contributed by atoms with Crippen LogP contribution in [0, 0.1) is 0 Å². The first-order valence-corrected chi connectivity index (χ1v) is 6.02. The van der Waals surface area contributed by atoms with Gasteiger partial charge >= 0.3 is 0 Å². The highest BCUT2D eigenvalue weighted by molar-refractivity contribution is 5.48. The molecule has 0 heterocycles. The van der Waals surface area contributed by atoms with E-state index in [0.717, 1.165) is 13.1 Å². The van der Waals surface area contributed by atoms with Crippen molar-refractivity contribution < 1.29 is 5.32 Å². The van der Waals surface area contributed by atoms with E-state index in [-0.39, 0.29) is 0 Å². The molecule has 0 saturated carbocycles. The van der Waals surface area contributed by atoms with Gasteiger partial charge in [0.25, 0.3) is 0 Å². The Morgan fingerprint density at radius 3 is 2.18 bits per heavy atom. The summed E-state index contributed by atoms with van der Waals surface area (Å²) in [4.78, 5) is 0. The summed E-state index contributed by atoms with van der Waals surface area (Å²) >= 11 is 0. The van der Waals surface area contributed by atoms with Gasteiger partial charge in [0, 0.05) is 5.56 Å². The molecule has 2 aromatic rings. The van der Waals surface area contributed by atoms with Crippen molar-refractivity contribution in [3.8, 4) is 0 Å². The Morgan fingerprint density at radius 2 is 1.47 bits per heavy atom. The lowest BCUT2D eigenvalue weighted by Gasteiger charge is -1.98. The van der Waals surface area contributed by atoms with E-state index in [0.29, 0.717) is 0 Å². The topological polar surface area (TPSA) is 16.6 Å². The largest absolute Gasteiger partial charge is 0.339 e. The van der Waals surface area contributed by atoms with Crippen molar-refractivity contribution in [3.63, 3.8) is 0 Å². The SMILES string of the molecule is C(=C\c1ccccc1)/C[NH2+]Cc1ccccc1. The molecule has 0 aromatic heterocycles. The molecule has 17 heavy (non-hydrogen) atoms. The van der Waals surface area contributed by atoms with E-state index in [1.54, 1.807) is 0 Å². The summed E-state index contributed by atoms with van der Waals surface area (Å²) in [5, 5.41) is 2.30. The normalized spacial score (nSPS) is 10.8. The molecule has 1 nitrogen and oxygen atoms in total. The zero-order valence-corrected chi connectivity index (χ0v) is 9.92. The molecule has 0 bridgehead atoms. The van der Waals surface area contributed by atoms with Crippen molar-refractivity contribution in [2.75, 3.05) is 6.54 Å². The Kier molecular flexibility index (Phi) is 4.56. The lowest BCUT2D eigenvalue weighted by molar-refractivity contribution is -0.661. The van der Waals surface area contributed by atoms with Crippen LogP contribution in [0.25, 0.3) is 6.08 Å². The Morgan fingerprint density at radius 1 is 0.824 bits per heavy atom. The zero-order chi connectivity index (χ0) is 11.8. The maximum Gasteiger partial charge on any atom is 0.101 e. The summed E-state index contributed by atoms with van der Waals surface area (Å²) < 4.78 is 0. The van der Waals surface area contributed by atoms with Crippen molar-refractivity contribution >= 4 is 6.08 Å². The van der Waals surface area contributed by atoms with Crippen LogP contribution in [0.1, 0.15) is 11.1 Å². The average Bonchev–Trinajstić information content (AvgIpc) is 2.41. The van der Waals surface area contributed by atoms with Gasteiger partial charge in [-0.25, -0.2) is 0 Å². The highest BCUT2D eigenvalue weighted by Crippen LogP contribution is 1.99. The quantitative estimate of drug-likeness (QED) is 0.751. The van der Waals surface area contributed by atoms with Gasteiger partial charge in [-0.05, 0) is 11.6 Å². The third-order valence-electron chi connectivity index (χ3n) is 2.64. The highest BCUT2D eigenvalue weighted by Gasteiger charge is 1.91. The molecule has 2 aromatic carbocycles. The Hall–Kier alpha value is -1.86. The monoisotopic (exact) mass is 224 g/mol. The number of hydrogen-bond acceptors (Lipinski definition) is 0. The number of hydrogen-bond donors (Lipinski definition) is 1. The Labute approximate surface area is 103 Å². The van der Waals surface area contributed by atoms with Gasteiger partial charge in [-0.1, -0.05) is 66.7 Å². The molecule has 0 amide bonds. The van der Waals surface area contributed by atoms with E-state index in [2.05, 4.69) is 72.1 Å². The number of nitrogens with two attached hydrogens (primary N) is 1. The van der Waals surface area contributed by atoms with Crippen LogP contribution in [0.5, 0.6) is 0 Å². The van der Waals surface area contributed by atoms with E-state index in [9.17, 15) is 0 Å². The van der Waals surface area contributed by atoms with Crippen LogP contribution < -0.4 is 5.32 Å². The molecule has 0 spiro atoms. The van der Waals surface area contributed by atoms with Crippen LogP contribution >= 0.6 is 0 Å². The minimum Gasteiger partial charge on any atom is -0.339 e. The van der Waals surface area contributed by atoms with E-state index in [1.807, 2.05) is 6.07 Å². The van der Waals surface area contributed by atoms with Crippen LogP contribution in [0.2, 0.25) is 0 Å². The number of rotatable bonds is 5. The minimum atomic E-state index is 1.02. The van der Waals surface area contributed by atoms with Crippen molar-refractivity contribution in [1.29, 1.82) is 0 Å². The third kappa shape index (κ3) is 4.25. The van der Waals surface area contributed by atoms with Crippen LogP contribution in [0.4, 0.5) is 0 Å². The second-order valence-electron chi connectivity index (χ2n) is 4.03. The van der Waals surface area contributed by atoms with Gasteiger partial charge in [0.15, 0.2) is 0 Å².